The van der Waals surface area contributed by atoms with Gasteiger partial charge in [-0.05, 0) is 42.9 Å². The molecule has 0 bridgehead atoms. The van der Waals surface area contributed by atoms with Gasteiger partial charge in [0.2, 0.25) is 0 Å². The third-order valence-electron chi connectivity index (χ3n) is 6.63. The Kier molecular flexibility index (Phi) is 26.6. The van der Waals surface area contributed by atoms with Crippen LogP contribution in [0.15, 0.2) is 18.2 Å². The minimum absolute atomic E-state index is 0. The molecule has 9 heteroatoms. The van der Waals surface area contributed by atoms with Gasteiger partial charge in [0.25, 0.3) is 0 Å². The van der Waals surface area contributed by atoms with E-state index < -0.39 is 10.4 Å². The van der Waals surface area contributed by atoms with Crippen molar-refractivity contribution in [3.63, 3.8) is 0 Å². The summed E-state index contributed by atoms with van der Waals surface area (Å²) in [6.07, 6.45) is 20.5. The van der Waals surface area contributed by atoms with Crippen LogP contribution >= 0.6 is 0 Å². The Hall–Kier alpha value is -0.190. The number of rotatable bonds is 27. The molecule has 0 aliphatic carbocycles. The van der Waals surface area contributed by atoms with Gasteiger partial charge in [0, 0.05) is 0 Å². The van der Waals surface area contributed by atoms with E-state index in [0.29, 0.717) is 26.4 Å². The first kappa shape index (κ1) is 38.8. The molecule has 7 nitrogen and oxygen atoms in total. The number of benzene rings is 1. The molecule has 0 heterocycles. The van der Waals surface area contributed by atoms with Crippen molar-refractivity contribution in [2.45, 2.75) is 117 Å². The predicted octanol–water partition coefficient (Wildman–Crippen LogP) is 4.62. The first-order valence-electron chi connectivity index (χ1n) is 15.0. The Morgan fingerprint density at radius 1 is 0.667 bits per heavy atom. The fourth-order valence-corrected chi connectivity index (χ4v) is 4.81. The van der Waals surface area contributed by atoms with Gasteiger partial charge in [0.05, 0.1) is 33.0 Å². The molecule has 1 rings (SSSR count). The summed E-state index contributed by atoms with van der Waals surface area (Å²) in [4.78, 5) is 0. The average Bonchev–Trinajstić information content (AvgIpc) is 2.89. The maximum absolute atomic E-state index is 10.5. The van der Waals surface area contributed by atoms with Crippen LogP contribution in [-0.4, -0.2) is 52.6 Å². The van der Waals surface area contributed by atoms with Gasteiger partial charge in [-0.25, -0.2) is 4.18 Å². The van der Waals surface area contributed by atoms with Gasteiger partial charge >= 0.3 is 40.0 Å². The van der Waals surface area contributed by atoms with Crippen LogP contribution in [0.25, 0.3) is 0 Å². The Labute approximate surface area is 262 Å². The summed E-state index contributed by atoms with van der Waals surface area (Å²) >= 11 is 0. The van der Waals surface area contributed by atoms with E-state index in [1.165, 1.54) is 101 Å². The van der Waals surface area contributed by atoms with Gasteiger partial charge in [0.15, 0.2) is 0 Å². The first-order chi connectivity index (χ1) is 18.5. The number of hydrogen-bond acceptors (Lipinski definition) is 6. The molecular formula is C30H55NaO7S. The molecule has 0 saturated heterocycles. The van der Waals surface area contributed by atoms with E-state index in [1.807, 2.05) is 0 Å². The van der Waals surface area contributed by atoms with Crippen molar-refractivity contribution in [3.8, 4) is 5.75 Å². The van der Waals surface area contributed by atoms with Gasteiger partial charge in [-0.15, -0.1) is 0 Å². The van der Waals surface area contributed by atoms with Crippen LogP contribution in [-0.2, 0) is 36.9 Å². The summed E-state index contributed by atoms with van der Waals surface area (Å²) < 4.78 is 50.6. The number of ether oxygens (including phenoxy) is 3. The third-order valence-corrected chi connectivity index (χ3v) is 7.09. The van der Waals surface area contributed by atoms with Crippen LogP contribution in [0.3, 0.4) is 0 Å². The molecule has 1 N–H and O–H groups in total. The van der Waals surface area contributed by atoms with Crippen molar-refractivity contribution in [1.82, 2.24) is 0 Å². The second-order valence-corrected chi connectivity index (χ2v) is 11.1. The van der Waals surface area contributed by atoms with Crippen LogP contribution in [0.1, 0.15) is 116 Å². The molecule has 0 spiro atoms. The fraction of sp³-hybridized carbons (Fsp3) is 0.800. The zero-order valence-electron chi connectivity index (χ0n) is 26.1. The van der Waals surface area contributed by atoms with Gasteiger partial charge in [-0.1, -0.05) is 103 Å². The van der Waals surface area contributed by atoms with Crippen molar-refractivity contribution in [3.05, 3.63) is 29.3 Å². The van der Waals surface area contributed by atoms with E-state index in [0.717, 1.165) is 18.6 Å². The van der Waals surface area contributed by atoms with Crippen LogP contribution < -0.4 is 34.3 Å². The number of unbranched alkanes of at least 4 members (excludes halogenated alkanes) is 12. The second kappa shape index (κ2) is 26.7. The molecule has 0 fully saturated rings. The molecule has 0 aliphatic heterocycles. The summed E-state index contributed by atoms with van der Waals surface area (Å²) in [6.45, 7) is 5.96. The quantitative estimate of drug-likeness (QED) is 0.0920. The molecule has 0 atom stereocenters. The monoisotopic (exact) mass is 582 g/mol. The maximum atomic E-state index is 10.5. The van der Waals surface area contributed by atoms with Gasteiger partial charge < -0.3 is 15.6 Å². The molecule has 0 amide bonds. The minimum atomic E-state index is -4.41. The van der Waals surface area contributed by atoms with Crippen LogP contribution in [0.5, 0.6) is 5.75 Å². The molecule has 0 aliphatic rings. The standard InChI is InChI=1S/C30H54O7S.Na.H/c1-3-5-7-9-11-13-15-18-28-19-17-21-30(29(28)20-16-14-12-10-8-6-4-2)36-26-24-34-22-23-35-25-27-37-38(31,32)33;;/h17,19,21H,3-16,18,20,22-27H2,1-2H3,(H,31,32,33);;/q;+1;-1. The summed E-state index contributed by atoms with van der Waals surface area (Å²) in [5.74, 6) is 0.985. The second-order valence-electron chi connectivity index (χ2n) is 9.96. The van der Waals surface area contributed by atoms with Gasteiger partial charge in [0.1, 0.15) is 12.4 Å². The van der Waals surface area contributed by atoms with E-state index in [1.54, 1.807) is 0 Å². The summed E-state index contributed by atoms with van der Waals surface area (Å²) in [5, 5.41) is 0. The van der Waals surface area contributed by atoms with Crippen LogP contribution in [0.2, 0.25) is 0 Å². The molecular weight excluding hydrogens is 527 g/mol. The average molecular weight is 583 g/mol. The molecule has 0 aromatic heterocycles. The first-order valence-corrected chi connectivity index (χ1v) is 16.3. The maximum Gasteiger partial charge on any atom is 1.00 e. The number of aryl methyl sites for hydroxylation is 1. The summed E-state index contributed by atoms with van der Waals surface area (Å²) in [7, 11) is -4.41. The van der Waals surface area contributed by atoms with Crippen molar-refractivity contribution in [2.24, 2.45) is 0 Å². The topological polar surface area (TPSA) is 91.3 Å². The van der Waals surface area contributed by atoms with Gasteiger partial charge in [-0.2, -0.15) is 8.42 Å². The molecule has 0 saturated carbocycles. The van der Waals surface area contributed by atoms with Gasteiger partial charge in [-0.3, -0.25) is 4.55 Å². The van der Waals surface area contributed by atoms with E-state index in [2.05, 4.69) is 36.2 Å². The fourth-order valence-electron chi connectivity index (χ4n) is 4.53. The van der Waals surface area contributed by atoms with E-state index in [9.17, 15) is 8.42 Å². The Morgan fingerprint density at radius 3 is 1.72 bits per heavy atom. The van der Waals surface area contributed by atoms with Crippen molar-refractivity contribution in [2.75, 3.05) is 39.6 Å². The van der Waals surface area contributed by atoms with Crippen molar-refractivity contribution < 1.29 is 62.3 Å². The Bertz CT molecular complexity index is 796. The SMILES string of the molecule is CCCCCCCCCc1cccc(OCCOCCOCCOS(=O)(=O)O)c1CCCCCCCCC.[H-].[Na+]. The van der Waals surface area contributed by atoms with E-state index in [4.69, 9.17) is 18.8 Å². The summed E-state index contributed by atoms with van der Waals surface area (Å²) in [5.41, 5.74) is 2.80. The molecule has 0 radical (unpaired) electrons. The predicted molar refractivity (Wildman–Crippen MR) is 156 cm³/mol. The van der Waals surface area contributed by atoms with Crippen LogP contribution in [0.4, 0.5) is 0 Å². The largest absolute Gasteiger partial charge is 1.00 e. The summed E-state index contributed by atoms with van der Waals surface area (Å²) in [6, 6.07) is 6.48. The molecule has 1 aromatic rings. The van der Waals surface area contributed by atoms with E-state index >= 15 is 0 Å². The third kappa shape index (κ3) is 23.1. The van der Waals surface area contributed by atoms with E-state index in [-0.39, 0.29) is 44.2 Å². The van der Waals surface area contributed by atoms with Crippen LogP contribution in [0, 0.1) is 0 Å². The zero-order chi connectivity index (χ0) is 27.7. The molecule has 0 unspecified atom stereocenters. The molecule has 39 heavy (non-hydrogen) atoms. The molecule has 224 valence electrons. The van der Waals surface area contributed by atoms with Crippen molar-refractivity contribution >= 4 is 10.4 Å². The smallest absolute Gasteiger partial charge is 1.00 e. The number of hydrogen-bond donors (Lipinski definition) is 1. The molecule has 1 aromatic carbocycles. The zero-order valence-corrected chi connectivity index (χ0v) is 27.9. The normalized spacial score (nSPS) is 11.5. The minimum Gasteiger partial charge on any atom is -1.00 e. The Balaban J connectivity index is 0. The Morgan fingerprint density at radius 2 is 1.15 bits per heavy atom. The van der Waals surface area contributed by atoms with Crippen molar-refractivity contribution in [1.29, 1.82) is 0 Å².